The molecule has 0 fully saturated rings. The van der Waals surface area contributed by atoms with Gasteiger partial charge in [-0.15, -0.1) is 0 Å². The molecule has 24 heteroatoms. The van der Waals surface area contributed by atoms with E-state index in [0.717, 1.165) is 60.0 Å². The minimum Gasteiger partial charge on any atom is -0.496 e. The average Bonchev–Trinajstić information content (AvgIpc) is 1.46. The fraction of sp³-hybridized carbons (Fsp3) is 0.276. The Kier molecular flexibility index (Phi) is 17.5. The van der Waals surface area contributed by atoms with Crippen LogP contribution in [0.5, 0.6) is 17.2 Å². The predicted molar refractivity (Wildman–Crippen MR) is 451 cm³/mol. The second-order valence-electron chi connectivity index (χ2n) is 25.7. The van der Waals surface area contributed by atoms with Gasteiger partial charge in [0.1, 0.15) is 34.7 Å². The number of anilines is 6. The van der Waals surface area contributed by atoms with Crippen LogP contribution in [0.2, 0.25) is 0 Å². The molecule has 0 spiro atoms. The largest absolute Gasteiger partial charge is 0.496 e. The fourth-order valence-corrected chi connectivity index (χ4v) is 12.5. The van der Waals surface area contributed by atoms with Crippen molar-refractivity contribution >= 4 is 84.6 Å². The highest BCUT2D eigenvalue weighted by Gasteiger charge is 2.23. The lowest BCUT2D eigenvalue weighted by Gasteiger charge is -2.25. The van der Waals surface area contributed by atoms with E-state index in [4.69, 9.17) is 66.2 Å². The van der Waals surface area contributed by atoms with E-state index in [1.54, 1.807) is 54.8 Å². The van der Waals surface area contributed by atoms with Crippen LogP contribution in [0.3, 0.4) is 0 Å². The standard InChI is InChI=1S/3C29H34N6O2/c3*1-7-29(36)32-24-16-20(27(37-6)18-26(24)34(4)15-14-33(2)3)17-28-30-13-12-23(31-28)22-19-35(5)25-11-9-8-10-21(22)25/h3*7-13,16,18-19H,1,14-15,17H2,2-6H3,(H,32,36)/i1D2,2D3,3D3,4D3,7D;1D2,2D3,3D3,7D;1D2,4D3,7D. The van der Waals surface area contributed by atoms with Crippen molar-refractivity contribution in [1.82, 2.24) is 58.3 Å². The number of fused-ring (bicyclic) bond motifs is 3. The Balaban J connectivity index is 0.000000214. The maximum Gasteiger partial charge on any atom is 0.247 e. The summed E-state index contributed by atoms with van der Waals surface area (Å²) >= 11 is 0. The Morgan fingerprint density at radius 1 is 0.432 bits per heavy atom. The zero-order valence-electron chi connectivity index (χ0n) is 89.6. The predicted octanol–water partition coefficient (Wildman–Crippen LogP) is 13.1. The van der Waals surface area contributed by atoms with Crippen LogP contribution in [0.15, 0.2) is 202 Å². The highest BCUT2D eigenvalue weighted by atomic mass is 16.5. The van der Waals surface area contributed by atoms with Gasteiger partial charge in [0, 0.05) is 247 Å². The summed E-state index contributed by atoms with van der Waals surface area (Å²) in [6.45, 7) is -21.9. The van der Waals surface area contributed by atoms with E-state index < -0.39 is 110 Å². The molecule has 24 nitrogen and oxygen atoms in total. The summed E-state index contributed by atoms with van der Waals surface area (Å²) in [5.41, 5.74) is 9.72. The molecule has 12 aromatic rings. The molecule has 0 atom stereocenters. The molecular weight excluding hydrogens is 1390 g/mol. The van der Waals surface area contributed by atoms with Crippen molar-refractivity contribution in [3.05, 3.63) is 236 Å². The minimum atomic E-state index is -3.09. The van der Waals surface area contributed by atoms with Crippen LogP contribution in [-0.2, 0) is 54.8 Å². The minimum absolute atomic E-state index is 0.0241. The lowest BCUT2D eigenvalue weighted by atomic mass is 10.1. The number of ether oxygens (including phenoxy) is 3. The third-order valence-corrected chi connectivity index (χ3v) is 17.9. The van der Waals surface area contributed by atoms with Gasteiger partial charge >= 0.3 is 0 Å². The smallest absolute Gasteiger partial charge is 0.247 e. The van der Waals surface area contributed by atoms with Crippen molar-refractivity contribution in [2.75, 3.05) is 154 Å². The van der Waals surface area contributed by atoms with E-state index in [1.807, 2.05) is 157 Å². The Bertz CT molecular complexity index is 6490. The first kappa shape index (κ1) is 51.8. The van der Waals surface area contributed by atoms with Gasteiger partial charge in [0.25, 0.3) is 0 Å². The molecule has 0 saturated carbocycles. The third kappa shape index (κ3) is 20.3. The van der Waals surface area contributed by atoms with Gasteiger partial charge in [0.2, 0.25) is 17.7 Å². The summed E-state index contributed by atoms with van der Waals surface area (Å²) in [5, 5.41) is 10.5. The number of benzene rings is 6. The molecule has 12 rings (SSSR count). The van der Waals surface area contributed by atoms with Gasteiger partial charge in [-0.05, 0) is 115 Å². The Hall–Kier alpha value is -12.5. The van der Waals surface area contributed by atoms with Crippen LogP contribution >= 0.6 is 0 Å². The van der Waals surface area contributed by atoms with Gasteiger partial charge in [0.15, 0.2) is 0 Å². The van der Waals surface area contributed by atoms with Crippen molar-refractivity contribution in [3.63, 3.8) is 0 Å². The maximum absolute atomic E-state index is 12.9. The number of rotatable bonds is 30. The molecule has 0 saturated heterocycles. The molecule has 0 aliphatic rings. The van der Waals surface area contributed by atoms with Gasteiger partial charge in [0.05, 0.1) is 84.9 Å². The quantitative estimate of drug-likeness (QED) is 0.0356. The summed E-state index contributed by atoms with van der Waals surface area (Å²) in [7, 11) is 15.3. The average molecular weight is 1520 g/mol. The van der Waals surface area contributed by atoms with E-state index in [-0.39, 0.29) is 78.0 Å². The molecule has 6 heterocycles. The number of methoxy groups -OCH3 is 3. The number of hydrogen-bond acceptors (Lipinski definition) is 18. The normalized spacial score (nSPS) is 15.2. The Morgan fingerprint density at radius 2 is 0.739 bits per heavy atom. The Morgan fingerprint density at radius 3 is 1.04 bits per heavy atom. The van der Waals surface area contributed by atoms with Crippen LogP contribution in [0.25, 0.3) is 66.5 Å². The van der Waals surface area contributed by atoms with E-state index in [0.29, 0.717) is 74.2 Å². The van der Waals surface area contributed by atoms with Crippen LogP contribution in [0.1, 0.15) is 71.2 Å². The summed E-state index contributed by atoms with van der Waals surface area (Å²) in [6.07, 6.45) is 11.2. The molecule has 3 amide bonds. The van der Waals surface area contributed by atoms with Gasteiger partial charge < -0.3 is 73.3 Å². The van der Waals surface area contributed by atoms with Gasteiger partial charge in [-0.25, -0.2) is 29.9 Å². The number of carbonyl (C=O) groups is 3. The molecule has 111 heavy (non-hydrogen) atoms. The fourth-order valence-electron chi connectivity index (χ4n) is 12.5. The van der Waals surface area contributed by atoms with Crippen molar-refractivity contribution in [2.45, 2.75) is 19.3 Å². The van der Waals surface area contributed by atoms with Crippen LogP contribution in [-0.4, -0.2) is 200 Å². The van der Waals surface area contributed by atoms with Crippen molar-refractivity contribution in [2.24, 2.45) is 21.1 Å². The number of para-hydroxylation sites is 3. The number of hydrogen-bond donors (Lipinski definition) is 3. The second-order valence-corrected chi connectivity index (χ2v) is 25.7. The number of nitrogens with zero attached hydrogens (tertiary/aromatic N) is 15. The highest BCUT2D eigenvalue weighted by molar-refractivity contribution is 6.04. The summed E-state index contributed by atoms with van der Waals surface area (Å²) in [6, 6.07) is 35.4. The molecule has 0 radical (unpaired) electrons. The van der Waals surface area contributed by atoms with E-state index in [1.165, 1.54) is 44.4 Å². The molecule has 3 N–H and O–H groups in total. The summed E-state index contributed by atoms with van der Waals surface area (Å²) < 4.78 is 232. The van der Waals surface area contributed by atoms with Crippen molar-refractivity contribution < 1.29 is 65.6 Å². The molecule has 576 valence electrons. The van der Waals surface area contributed by atoms with Crippen molar-refractivity contribution in [1.29, 1.82) is 0 Å². The van der Waals surface area contributed by atoms with Gasteiger partial charge in [-0.1, -0.05) is 74.2 Å². The number of carbonyl (C=O) groups excluding carboxylic acids is 3. The highest BCUT2D eigenvalue weighted by Crippen LogP contribution is 2.40. The number of nitrogens with one attached hydrogen (secondary N) is 3. The Labute approximate surface area is 688 Å². The first-order valence-electron chi connectivity index (χ1n) is 48.1. The molecule has 6 aromatic heterocycles. The lowest BCUT2D eigenvalue weighted by molar-refractivity contribution is -0.112. The van der Waals surface area contributed by atoms with Gasteiger partial charge in [-0.2, -0.15) is 0 Å². The summed E-state index contributed by atoms with van der Waals surface area (Å²) in [5.74, 6) is -1.08. The second kappa shape index (κ2) is 37.5. The number of likely N-dealkylation sites (N-methyl/N-ethyl adjacent to an activating group) is 6. The van der Waals surface area contributed by atoms with Crippen LogP contribution in [0, 0.1) is 0 Å². The third-order valence-electron chi connectivity index (χ3n) is 17.9. The maximum atomic E-state index is 12.9. The molecule has 0 unspecified atom stereocenters. The van der Waals surface area contributed by atoms with Crippen LogP contribution < -0.4 is 44.9 Å². The van der Waals surface area contributed by atoms with E-state index in [2.05, 4.69) is 30.9 Å². The first-order valence-corrected chi connectivity index (χ1v) is 34.6. The molecule has 0 bridgehead atoms. The molecule has 0 aliphatic carbocycles. The topological polar surface area (TPSA) is 227 Å². The SMILES string of the molecule is [2H]C([2H])=C([2H])C(=O)Nc1cc(Cc2nccc(-c3cn(C)c4ccccc34)n2)c(OC)cc1N(C)CCN(C([2H])([2H])[2H])C([2H])([2H])[2H].[2H]C([2H])=C([2H])C(=O)Nc1cc(Cc2nccc(-c3cn(C)c4ccccc34)n2)c(OC)cc1N(CCN(C([2H])([2H])[2H])C([2H])([2H])[2H])C([2H])([2H])[2H].[2H]C([2H])=C([2H])C(=O)Nc1cc(Cc2nccc(-c3cn(C)c4ccccc34)n2)c(OC)cc1N(CCN(C)C)C([2H])([2H])[2H]. The zero-order valence-corrected chi connectivity index (χ0v) is 62.6. The number of amides is 3. The van der Waals surface area contributed by atoms with Crippen LogP contribution in [0.4, 0.5) is 34.1 Å². The number of aryl methyl sites for hydroxylation is 3. The monoisotopic (exact) mass is 1520 g/mol. The molecule has 6 aromatic carbocycles. The van der Waals surface area contributed by atoms with Gasteiger partial charge in [-0.3, -0.25) is 14.4 Å². The molecule has 0 aliphatic heterocycles. The number of aromatic nitrogens is 9. The first-order chi connectivity index (χ1) is 64.5. The zero-order chi connectivity index (χ0) is 102. The van der Waals surface area contributed by atoms with Crippen molar-refractivity contribution in [3.8, 4) is 51.0 Å². The van der Waals surface area contributed by atoms with E-state index >= 15 is 0 Å². The van der Waals surface area contributed by atoms with E-state index in [9.17, 15) is 14.4 Å². The molecular formula is C87H102N18O6. The summed E-state index contributed by atoms with van der Waals surface area (Å²) in [4.78, 5) is 71.9. The lowest BCUT2D eigenvalue weighted by Crippen LogP contribution is -2.29.